The van der Waals surface area contributed by atoms with Crippen molar-refractivity contribution in [1.82, 2.24) is 5.32 Å². The molecule has 0 aromatic rings. The Labute approximate surface area is 289 Å². The van der Waals surface area contributed by atoms with E-state index in [2.05, 4.69) is 23.9 Å². The van der Waals surface area contributed by atoms with E-state index < -0.39 is 35.3 Å². The zero-order valence-electron chi connectivity index (χ0n) is 30.9. The molecule has 0 aromatic carbocycles. The topological polar surface area (TPSA) is 147 Å². The molecule has 1 aliphatic heterocycles. The maximum atomic E-state index is 11.8. The first-order chi connectivity index (χ1) is 22.5. The highest BCUT2D eigenvalue weighted by Gasteiger charge is 2.54. The number of epoxide rings is 1. The van der Waals surface area contributed by atoms with Gasteiger partial charge in [-0.2, -0.15) is 0 Å². The largest absolute Gasteiger partial charge is 0.469 e. The van der Waals surface area contributed by atoms with E-state index in [4.69, 9.17) is 14.2 Å². The van der Waals surface area contributed by atoms with E-state index in [1.165, 1.54) is 33.3 Å². The molecule has 4 N–H and O–H groups in total. The first-order valence-electron chi connectivity index (χ1n) is 17.9. The lowest BCUT2D eigenvalue weighted by atomic mass is 9.85. The molecule has 2 fully saturated rings. The molecule has 1 saturated heterocycles. The van der Waals surface area contributed by atoms with E-state index in [1.54, 1.807) is 20.1 Å². The van der Waals surface area contributed by atoms with Crippen LogP contribution in [0.2, 0.25) is 0 Å². The molecule has 0 amide bonds. The monoisotopic (exact) mass is 679 g/mol. The van der Waals surface area contributed by atoms with E-state index in [9.17, 15) is 24.9 Å². The maximum Gasteiger partial charge on any atom is 0.308 e. The van der Waals surface area contributed by atoms with Crippen LogP contribution in [0.4, 0.5) is 0 Å². The molecule has 10 nitrogen and oxygen atoms in total. The molecule has 0 spiro atoms. The van der Waals surface area contributed by atoms with Gasteiger partial charge in [0.2, 0.25) is 0 Å². The summed E-state index contributed by atoms with van der Waals surface area (Å²) in [6.07, 6.45) is 15.1. The minimum Gasteiger partial charge on any atom is -0.469 e. The van der Waals surface area contributed by atoms with Gasteiger partial charge in [-0.25, -0.2) is 0 Å². The molecule has 1 aliphatic carbocycles. The molecule has 0 aromatic heterocycles. The van der Waals surface area contributed by atoms with Crippen LogP contribution in [-0.2, 0) is 28.5 Å². The van der Waals surface area contributed by atoms with Gasteiger partial charge in [0, 0.05) is 26.0 Å². The summed E-state index contributed by atoms with van der Waals surface area (Å²) in [6.45, 7) is 13.0. The standard InChI is InChI=1S/C38H65NO9/c1-10-31(45-8)27(4)34-35(48-34)36(39-29-16-12-11-13-17-29)38(7,44)21-14-15-25(2)23-26(3)18-19-32(47-28(5)40)37(6,43)22-20-30(41)24-33(42)46-9/h14-15,18-19,21,26-27,29-32,34-36,39,41,43-44H,10-13,16-17,20,22-24H2,1-9H3/b19-18+,21-14+,25-15+/t26-,27+,30+,31-,32-,34+,35-,36?,37+,38?/m0/s1. The normalized spacial score (nSPS) is 25.5. The number of ether oxygens (including phenoxy) is 4. The van der Waals surface area contributed by atoms with Crippen LogP contribution in [-0.4, -0.2) is 95.3 Å². The summed E-state index contributed by atoms with van der Waals surface area (Å²) in [5.74, 6) is -0.782. The minimum absolute atomic E-state index is 0.0299. The van der Waals surface area contributed by atoms with E-state index in [0.717, 1.165) is 24.8 Å². The van der Waals surface area contributed by atoms with Gasteiger partial charge in [0.15, 0.2) is 0 Å². The number of nitrogens with one attached hydrogen (secondary N) is 1. The number of methoxy groups -OCH3 is 2. The van der Waals surface area contributed by atoms with Crippen molar-refractivity contribution in [2.24, 2.45) is 11.8 Å². The number of allylic oxidation sites excluding steroid dienone is 4. The van der Waals surface area contributed by atoms with Crippen LogP contribution in [0.1, 0.15) is 113 Å². The van der Waals surface area contributed by atoms with Gasteiger partial charge in [-0.1, -0.05) is 69.9 Å². The summed E-state index contributed by atoms with van der Waals surface area (Å²) < 4.78 is 22.0. The van der Waals surface area contributed by atoms with Crippen molar-refractivity contribution < 1.29 is 43.9 Å². The van der Waals surface area contributed by atoms with Gasteiger partial charge in [0.25, 0.3) is 0 Å². The number of hydrogen-bond acceptors (Lipinski definition) is 10. The van der Waals surface area contributed by atoms with E-state index in [1.807, 2.05) is 45.1 Å². The van der Waals surface area contributed by atoms with Crippen LogP contribution in [0.15, 0.2) is 36.0 Å². The van der Waals surface area contributed by atoms with Gasteiger partial charge >= 0.3 is 11.9 Å². The van der Waals surface area contributed by atoms with Crippen molar-refractivity contribution in [2.75, 3.05) is 14.2 Å². The van der Waals surface area contributed by atoms with Crippen LogP contribution >= 0.6 is 0 Å². The van der Waals surface area contributed by atoms with Crippen molar-refractivity contribution in [3.63, 3.8) is 0 Å². The second-order valence-electron chi connectivity index (χ2n) is 14.6. The fourth-order valence-corrected chi connectivity index (χ4v) is 6.89. The molecule has 0 bridgehead atoms. The van der Waals surface area contributed by atoms with E-state index >= 15 is 0 Å². The molecule has 1 saturated carbocycles. The molecular weight excluding hydrogens is 614 g/mol. The van der Waals surface area contributed by atoms with Crippen molar-refractivity contribution in [3.05, 3.63) is 36.0 Å². The SMILES string of the molecule is CC[C@H](OC)[C@@H](C)[C@H]1O[C@@H]1C(NC1CCCCC1)C(C)(O)/C=C/C=C(\C)C[C@@H](C)/C=C/[C@H](OC(C)=O)[C@](C)(O)CC[C@@H](O)CC(=O)OC. The minimum atomic E-state index is -1.45. The third kappa shape index (κ3) is 14.0. The van der Waals surface area contributed by atoms with Crippen LogP contribution in [0.25, 0.3) is 0 Å². The third-order valence-electron chi connectivity index (χ3n) is 9.94. The Morgan fingerprint density at radius 3 is 2.27 bits per heavy atom. The van der Waals surface area contributed by atoms with Crippen LogP contribution in [0, 0.1) is 11.8 Å². The number of carbonyl (C=O) groups is 2. The highest BCUT2D eigenvalue weighted by atomic mass is 16.6. The summed E-state index contributed by atoms with van der Waals surface area (Å²) >= 11 is 0. The summed E-state index contributed by atoms with van der Waals surface area (Å²) in [7, 11) is 3.00. The molecular formula is C38H65NO9. The smallest absolute Gasteiger partial charge is 0.308 e. The van der Waals surface area contributed by atoms with Gasteiger partial charge in [-0.15, -0.1) is 0 Å². The van der Waals surface area contributed by atoms with Crippen molar-refractivity contribution in [1.29, 1.82) is 0 Å². The Balaban J connectivity index is 2.07. The number of hydrogen-bond donors (Lipinski definition) is 4. The fraction of sp³-hybridized carbons (Fsp3) is 0.789. The van der Waals surface area contributed by atoms with Gasteiger partial charge in [0.1, 0.15) is 17.8 Å². The number of aliphatic hydroxyl groups excluding tert-OH is 1. The highest BCUT2D eigenvalue weighted by molar-refractivity contribution is 5.69. The van der Waals surface area contributed by atoms with Crippen molar-refractivity contribution in [3.8, 4) is 0 Å². The number of aliphatic hydroxyl groups is 3. The maximum absolute atomic E-state index is 11.8. The van der Waals surface area contributed by atoms with E-state index in [-0.39, 0.29) is 55.5 Å². The Bertz CT molecular complexity index is 1070. The summed E-state index contributed by atoms with van der Waals surface area (Å²) in [5.41, 5.74) is -1.50. The molecule has 276 valence electrons. The first kappa shape index (κ1) is 42.1. The molecule has 10 heteroatoms. The van der Waals surface area contributed by atoms with Gasteiger partial charge in [-0.3, -0.25) is 9.59 Å². The molecule has 10 atom stereocenters. The second kappa shape index (κ2) is 19.9. The van der Waals surface area contributed by atoms with Gasteiger partial charge in [0.05, 0.1) is 43.5 Å². The Kier molecular flexibility index (Phi) is 17.5. The predicted octanol–water partition coefficient (Wildman–Crippen LogP) is 5.33. The third-order valence-corrected chi connectivity index (χ3v) is 9.94. The zero-order chi connectivity index (χ0) is 36.1. The molecule has 48 heavy (non-hydrogen) atoms. The predicted molar refractivity (Wildman–Crippen MR) is 187 cm³/mol. The Hall–Kier alpha value is -2.08. The van der Waals surface area contributed by atoms with Crippen LogP contribution < -0.4 is 5.32 Å². The lowest BCUT2D eigenvalue weighted by Gasteiger charge is -2.35. The number of esters is 2. The molecule has 2 rings (SSSR count). The van der Waals surface area contributed by atoms with Gasteiger partial charge < -0.3 is 39.6 Å². The van der Waals surface area contributed by atoms with Crippen molar-refractivity contribution in [2.45, 2.75) is 166 Å². The average Bonchev–Trinajstić information content (AvgIpc) is 3.82. The first-order valence-corrected chi connectivity index (χ1v) is 17.9. The zero-order valence-corrected chi connectivity index (χ0v) is 30.9. The fourth-order valence-electron chi connectivity index (χ4n) is 6.89. The van der Waals surface area contributed by atoms with Crippen LogP contribution in [0.5, 0.6) is 0 Å². The van der Waals surface area contributed by atoms with Crippen molar-refractivity contribution >= 4 is 11.9 Å². The second-order valence-corrected chi connectivity index (χ2v) is 14.6. The van der Waals surface area contributed by atoms with Gasteiger partial charge in [-0.05, 0) is 71.3 Å². The lowest BCUT2D eigenvalue weighted by Crippen LogP contribution is -2.55. The average molecular weight is 680 g/mol. The molecule has 1 heterocycles. The number of carbonyl (C=O) groups excluding carboxylic acids is 2. The summed E-state index contributed by atoms with van der Waals surface area (Å²) in [6, 6.07) is 0.112. The Morgan fingerprint density at radius 2 is 1.69 bits per heavy atom. The molecule has 2 unspecified atom stereocenters. The Morgan fingerprint density at radius 1 is 1.02 bits per heavy atom. The van der Waals surface area contributed by atoms with E-state index in [0.29, 0.717) is 12.5 Å². The number of rotatable bonds is 21. The van der Waals surface area contributed by atoms with Crippen LogP contribution in [0.3, 0.4) is 0 Å². The summed E-state index contributed by atoms with van der Waals surface area (Å²) in [5, 5.41) is 36.8. The highest BCUT2D eigenvalue weighted by Crippen LogP contribution is 2.39. The summed E-state index contributed by atoms with van der Waals surface area (Å²) in [4.78, 5) is 23.3. The quantitative estimate of drug-likeness (QED) is 0.0544. The molecule has 0 radical (unpaired) electrons. The molecule has 2 aliphatic rings. The lowest BCUT2D eigenvalue weighted by molar-refractivity contribution is -0.156.